The molecule has 166 valence electrons. The number of fused-ring (bicyclic) bond motifs is 1. The molecule has 2 aliphatic heterocycles. The summed E-state index contributed by atoms with van der Waals surface area (Å²) in [4.78, 5) is 24.3. The fourth-order valence-corrected chi connectivity index (χ4v) is 5.71. The number of piperazine rings is 1. The zero-order valence-electron chi connectivity index (χ0n) is 18.9. The van der Waals surface area contributed by atoms with Crippen molar-refractivity contribution in [2.45, 2.75) is 53.1 Å². The van der Waals surface area contributed by atoms with Crippen LogP contribution in [0.3, 0.4) is 0 Å². The van der Waals surface area contributed by atoms with Crippen molar-refractivity contribution in [3.63, 3.8) is 0 Å². The van der Waals surface area contributed by atoms with Crippen LogP contribution in [0.1, 0.15) is 53.8 Å². The highest BCUT2D eigenvalue weighted by Gasteiger charge is 2.28. The van der Waals surface area contributed by atoms with Crippen LogP contribution in [0.25, 0.3) is 10.2 Å². The Hall–Kier alpha value is -2.10. The van der Waals surface area contributed by atoms with E-state index >= 15 is 0 Å². The molecule has 31 heavy (non-hydrogen) atoms. The predicted molar refractivity (Wildman–Crippen MR) is 123 cm³/mol. The summed E-state index contributed by atoms with van der Waals surface area (Å²) in [6, 6.07) is 0.129. The Labute approximate surface area is 187 Å². The number of hydrogen-bond acceptors (Lipinski definition) is 9. The largest absolute Gasteiger partial charge is 0.353 e. The zero-order chi connectivity index (χ0) is 21.5. The lowest BCUT2D eigenvalue weighted by molar-refractivity contribution is 0.164. The summed E-state index contributed by atoms with van der Waals surface area (Å²) in [7, 11) is 0. The van der Waals surface area contributed by atoms with Crippen molar-refractivity contribution in [3.8, 4) is 0 Å². The minimum Gasteiger partial charge on any atom is -0.353 e. The van der Waals surface area contributed by atoms with Gasteiger partial charge in [-0.3, -0.25) is 9.80 Å². The van der Waals surface area contributed by atoms with E-state index in [-0.39, 0.29) is 6.04 Å². The molecule has 1 atom stereocenters. The molecule has 0 aliphatic carbocycles. The number of thiophene rings is 1. The molecule has 9 heteroatoms. The zero-order valence-corrected chi connectivity index (χ0v) is 19.7. The van der Waals surface area contributed by atoms with Gasteiger partial charge < -0.3 is 9.42 Å². The molecule has 0 amide bonds. The minimum absolute atomic E-state index is 0.129. The third-order valence-corrected chi connectivity index (χ3v) is 7.78. The molecule has 0 saturated carbocycles. The number of hydrogen-bond donors (Lipinski definition) is 0. The van der Waals surface area contributed by atoms with E-state index in [2.05, 4.69) is 45.6 Å². The topological polar surface area (TPSA) is 74.4 Å². The van der Waals surface area contributed by atoms with Crippen molar-refractivity contribution in [1.82, 2.24) is 29.9 Å². The van der Waals surface area contributed by atoms with Crippen molar-refractivity contribution in [2.75, 3.05) is 44.2 Å². The van der Waals surface area contributed by atoms with Crippen LogP contribution in [-0.2, 0) is 6.54 Å². The minimum atomic E-state index is 0.129. The number of aryl methyl sites for hydroxylation is 3. The fraction of sp³-hybridized carbons (Fsp3) is 0.636. The smallest absolute Gasteiger partial charge is 0.243 e. The molecule has 0 N–H and O–H groups in total. The van der Waals surface area contributed by atoms with E-state index < -0.39 is 0 Å². The van der Waals surface area contributed by atoms with Gasteiger partial charge in [-0.05, 0) is 59.2 Å². The molecular weight excluding hydrogens is 410 g/mol. The third kappa shape index (κ3) is 4.06. The molecule has 8 nitrogen and oxygen atoms in total. The summed E-state index contributed by atoms with van der Waals surface area (Å²) in [6.07, 6.45) is 2.57. The molecule has 5 rings (SSSR count). The van der Waals surface area contributed by atoms with Gasteiger partial charge in [0.15, 0.2) is 5.82 Å². The Morgan fingerprint density at radius 1 is 0.968 bits per heavy atom. The van der Waals surface area contributed by atoms with Crippen LogP contribution < -0.4 is 4.90 Å². The van der Waals surface area contributed by atoms with Gasteiger partial charge in [-0.1, -0.05) is 5.16 Å². The Morgan fingerprint density at radius 2 is 1.71 bits per heavy atom. The average molecular weight is 442 g/mol. The molecule has 3 aromatic rings. The van der Waals surface area contributed by atoms with E-state index in [4.69, 9.17) is 14.5 Å². The second-order valence-electron chi connectivity index (χ2n) is 8.79. The van der Waals surface area contributed by atoms with Crippen molar-refractivity contribution in [1.29, 1.82) is 0 Å². The van der Waals surface area contributed by atoms with Crippen LogP contribution in [-0.4, -0.2) is 69.2 Å². The molecule has 0 aromatic carbocycles. The summed E-state index contributed by atoms with van der Waals surface area (Å²) in [5, 5.41) is 5.19. The van der Waals surface area contributed by atoms with Crippen LogP contribution in [0.15, 0.2) is 4.52 Å². The van der Waals surface area contributed by atoms with E-state index in [1.54, 1.807) is 11.3 Å². The van der Waals surface area contributed by atoms with Crippen molar-refractivity contribution >= 4 is 27.4 Å². The van der Waals surface area contributed by atoms with Gasteiger partial charge in [-0.25, -0.2) is 9.97 Å². The first-order chi connectivity index (χ1) is 15.0. The van der Waals surface area contributed by atoms with Gasteiger partial charge in [-0.15, -0.1) is 11.3 Å². The molecule has 3 aromatic heterocycles. The maximum atomic E-state index is 5.41. The van der Waals surface area contributed by atoms with E-state index in [1.807, 2.05) is 6.92 Å². The summed E-state index contributed by atoms with van der Waals surface area (Å²) in [6.45, 7) is 15.3. The summed E-state index contributed by atoms with van der Waals surface area (Å²) >= 11 is 1.80. The van der Waals surface area contributed by atoms with E-state index in [9.17, 15) is 0 Å². The molecule has 2 aliphatic rings. The molecule has 0 bridgehead atoms. The van der Waals surface area contributed by atoms with Crippen LogP contribution in [0.4, 0.5) is 5.82 Å². The molecule has 2 saturated heterocycles. The first-order valence-corrected chi connectivity index (χ1v) is 12.1. The first-order valence-electron chi connectivity index (χ1n) is 11.3. The summed E-state index contributed by atoms with van der Waals surface area (Å²) in [5.41, 5.74) is 1.32. The summed E-state index contributed by atoms with van der Waals surface area (Å²) < 4.78 is 5.41. The highest BCUT2D eigenvalue weighted by molar-refractivity contribution is 7.18. The van der Waals surface area contributed by atoms with Crippen LogP contribution in [0, 0.1) is 20.8 Å². The molecular formula is C22H31N7OS. The first kappa shape index (κ1) is 20.8. The van der Waals surface area contributed by atoms with Gasteiger partial charge >= 0.3 is 0 Å². The lowest BCUT2D eigenvalue weighted by Gasteiger charge is -2.37. The SMILES string of the molecule is Cc1noc(C(C)N2CCN(c3nc(CN4CCCC4)nc4sc(C)c(C)c34)CC2)n1. The van der Waals surface area contributed by atoms with Gasteiger partial charge in [0.1, 0.15) is 16.5 Å². The lowest BCUT2D eigenvalue weighted by atomic mass is 10.1. The number of aromatic nitrogens is 4. The molecule has 0 radical (unpaired) electrons. The van der Waals surface area contributed by atoms with Gasteiger partial charge in [0, 0.05) is 31.1 Å². The van der Waals surface area contributed by atoms with Crippen molar-refractivity contribution in [3.05, 3.63) is 28.0 Å². The van der Waals surface area contributed by atoms with E-state index in [0.717, 1.165) is 62.3 Å². The number of likely N-dealkylation sites (tertiary alicyclic amines) is 1. The summed E-state index contributed by atoms with van der Waals surface area (Å²) in [5.74, 6) is 3.47. The number of nitrogens with zero attached hydrogens (tertiary/aromatic N) is 7. The molecule has 1 unspecified atom stereocenters. The molecule has 2 fully saturated rings. The van der Waals surface area contributed by atoms with Crippen LogP contribution in [0.5, 0.6) is 0 Å². The lowest BCUT2D eigenvalue weighted by Crippen LogP contribution is -2.47. The highest BCUT2D eigenvalue weighted by atomic mass is 32.1. The normalized spacial score (nSPS) is 19.5. The molecule has 0 spiro atoms. The maximum absolute atomic E-state index is 5.41. The standard InChI is InChI=1S/C22H31N7OS/c1-14-16(3)31-22-19(14)20(24-18(25-22)13-27-7-5-6-8-27)29-11-9-28(10-12-29)15(2)21-23-17(4)26-30-21/h15H,5-13H2,1-4H3. The van der Waals surface area contributed by atoms with Gasteiger partial charge in [0.2, 0.25) is 5.89 Å². The fourth-order valence-electron chi connectivity index (χ4n) is 4.67. The van der Waals surface area contributed by atoms with Crippen LogP contribution >= 0.6 is 11.3 Å². The van der Waals surface area contributed by atoms with Gasteiger partial charge in [-0.2, -0.15) is 4.98 Å². The number of rotatable bonds is 5. The van der Waals surface area contributed by atoms with Crippen molar-refractivity contribution < 1.29 is 4.52 Å². The van der Waals surface area contributed by atoms with Gasteiger partial charge in [0.25, 0.3) is 0 Å². The molecule has 5 heterocycles. The Bertz CT molecular complexity index is 1060. The van der Waals surface area contributed by atoms with Crippen LogP contribution in [0.2, 0.25) is 0 Å². The monoisotopic (exact) mass is 441 g/mol. The quantitative estimate of drug-likeness (QED) is 0.596. The Kier molecular flexibility index (Phi) is 5.66. The van der Waals surface area contributed by atoms with Gasteiger partial charge in [0.05, 0.1) is 18.0 Å². The Morgan fingerprint density at radius 3 is 2.39 bits per heavy atom. The van der Waals surface area contributed by atoms with Crippen molar-refractivity contribution in [2.24, 2.45) is 0 Å². The number of anilines is 1. The Balaban J connectivity index is 1.38. The van der Waals surface area contributed by atoms with E-state index in [0.29, 0.717) is 11.7 Å². The second-order valence-corrected chi connectivity index (χ2v) is 9.99. The average Bonchev–Trinajstić information content (AvgIpc) is 3.49. The maximum Gasteiger partial charge on any atom is 0.243 e. The highest BCUT2D eigenvalue weighted by Crippen LogP contribution is 2.36. The van der Waals surface area contributed by atoms with E-state index in [1.165, 1.54) is 28.7 Å². The second kappa shape index (κ2) is 8.44. The third-order valence-electron chi connectivity index (χ3n) is 6.68. The predicted octanol–water partition coefficient (Wildman–Crippen LogP) is 3.48.